The molecule has 2 aromatic rings. The summed E-state index contributed by atoms with van der Waals surface area (Å²) in [6.07, 6.45) is 1.06. The molecular weight excluding hydrogens is 319 g/mol. The summed E-state index contributed by atoms with van der Waals surface area (Å²) in [5.74, 6) is 1.34. The van der Waals surface area contributed by atoms with Gasteiger partial charge in [-0.15, -0.1) is 0 Å². The van der Waals surface area contributed by atoms with Crippen LogP contribution in [0.4, 0.5) is 4.39 Å². The molecule has 1 atom stereocenters. The summed E-state index contributed by atoms with van der Waals surface area (Å²) >= 11 is 0. The summed E-state index contributed by atoms with van der Waals surface area (Å²) in [5.41, 5.74) is 2.02. The number of hydrogen-bond donors (Lipinski definition) is 1. The molecule has 0 amide bonds. The van der Waals surface area contributed by atoms with Crippen LogP contribution in [0.1, 0.15) is 23.6 Å². The third-order valence-electron chi connectivity index (χ3n) is 4.66. The van der Waals surface area contributed by atoms with Crippen LogP contribution in [0.5, 0.6) is 11.5 Å². The van der Waals surface area contributed by atoms with Crippen molar-refractivity contribution in [2.24, 2.45) is 0 Å². The van der Waals surface area contributed by atoms with Gasteiger partial charge in [-0.3, -0.25) is 4.90 Å². The third-order valence-corrected chi connectivity index (χ3v) is 4.66. The van der Waals surface area contributed by atoms with Gasteiger partial charge in [0.15, 0.2) is 0 Å². The zero-order valence-electron chi connectivity index (χ0n) is 14.8. The number of nitrogens with zero attached hydrogens (tertiary/aromatic N) is 1. The topological polar surface area (TPSA) is 33.7 Å². The predicted molar refractivity (Wildman–Crippen MR) is 96.8 cm³/mol. The molecular formula is C20H25FN2O2. The predicted octanol–water partition coefficient (Wildman–Crippen LogP) is 3.23. The van der Waals surface area contributed by atoms with Crippen LogP contribution in [0.2, 0.25) is 0 Å². The lowest BCUT2D eigenvalue weighted by molar-refractivity contribution is 0.231. The molecule has 1 unspecified atom stereocenters. The molecule has 1 aliphatic rings. The zero-order chi connectivity index (χ0) is 17.6. The van der Waals surface area contributed by atoms with Crippen LogP contribution in [0.15, 0.2) is 42.5 Å². The molecule has 0 spiro atoms. The number of nitrogens with one attached hydrogen (secondary N) is 1. The monoisotopic (exact) mass is 344 g/mol. The maximum atomic E-state index is 13.5. The molecule has 1 saturated heterocycles. The fourth-order valence-corrected chi connectivity index (χ4v) is 3.48. The van der Waals surface area contributed by atoms with Crippen LogP contribution in [-0.2, 0) is 0 Å². The van der Waals surface area contributed by atoms with Gasteiger partial charge >= 0.3 is 0 Å². The van der Waals surface area contributed by atoms with Crippen molar-refractivity contribution in [1.82, 2.24) is 10.2 Å². The first-order chi connectivity index (χ1) is 12.2. The summed E-state index contributed by atoms with van der Waals surface area (Å²) in [6.45, 7) is 3.80. The Bertz CT molecular complexity index is 660. The molecule has 2 aromatic carbocycles. The first kappa shape index (κ1) is 17.7. The lowest BCUT2D eigenvalue weighted by atomic mass is 9.94. The van der Waals surface area contributed by atoms with Crippen LogP contribution in [0.25, 0.3) is 0 Å². The highest BCUT2D eigenvalue weighted by Gasteiger charge is 2.29. The van der Waals surface area contributed by atoms with Gasteiger partial charge in [0, 0.05) is 19.6 Å². The first-order valence-electron chi connectivity index (χ1n) is 8.65. The highest BCUT2D eigenvalue weighted by Crippen LogP contribution is 2.41. The van der Waals surface area contributed by atoms with Gasteiger partial charge < -0.3 is 14.8 Å². The summed E-state index contributed by atoms with van der Waals surface area (Å²) < 4.78 is 24.8. The molecule has 3 rings (SSSR count). The number of halogens is 1. The first-order valence-corrected chi connectivity index (χ1v) is 8.65. The quantitative estimate of drug-likeness (QED) is 0.903. The Hall–Kier alpha value is -2.11. The number of rotatable bonds is 5. The second-order valence-corrected chi connectivity index (χ2v) is 6.17. The van der Waals surface area contributed by atoms with Crippen molar-refractivity contribution in [3.05, 3.63) is 59.4 Å². The Morgan fingerprint density at radius 1 is 0.960 bits per heavy atom. The normalized spacial score (nSPS) is 16.9. The van der Waals surface area contributed by atoms with Gasteiger partial charge in [0.25, 0.3) is 0 Å². The SMILES string of the molecule is COc1cccc(OC)c1C(c1ccc(F)cc1)N1CCCNCC1. The lowest BCUT2D eigenvalue weighted by Crippen LogP contribution is -2.33. The summed E-state index contributed by atoms with van der Waals surface area (Å²) in [5, 5.41) is 3.44. The van der Waals surface area contributed by atoms with Crippen molar-refractivity contribution in [3.8, 4) is 11.5 Å². The number of hydrogen-bond acceptors (Lipinski definition) is 4. The largest absolute Gasteiger partial charge is 0.496 e. The average Bonchev–Trinajstić information content (AvgIpc) is 2.93. The van der Waals surface area contributed by atoms with Crippen molar-refractivity contribution in [1.29, 1.82) is 0 Å². The van der Waals surface area contributed by atoms with Crippen LogP contribution in [0, 0.1) is 5.82 Å². The van der Waals surface area contributed by atoms with E-state index in [-0.39, 0.29) is 11.9 Å². The van der Waals surface area contributed by atoms with Crippen molar-refractivity contribution in [3.63, 3.8) is 0 Å². The minimum absolute atomic E-state index is 0.0494. The van der Waals surface area contributed by atoms with E-state index in [1.807, 2.05) is 30.3 Å². The van der Waals surface area contributed by atoms with E-state index >= 15 is 0 Å². The van der Waals surface area contributed by atoms with E-state index in [0.717, 1.165) is 55.2 Å². The number of benzene rings is 2. The summed E-state index contributed by atoms with van der Waals surface area (Å²) in [7, 11) is 3.34. The average molecular weight is 344 g/mol. The van der Waals surface area contributed by atoms with E-state index in [4.69, 9.17) is 9.47 Å². The Balaban J connectivity index is 2.12. The Kier molecular flexibility index (Phi) is 5.89. The second kappa shape index (κ2) is 8.32. The minimum atomic E-state index is -0.230. The van der Waals surface area contributed by atoms with E-state index in [2.05, 4.69) is 10.2 Å². The van der Waals surface area contributed by atoms with E-state index in [0.29, 0.717) is 0 Å². The molecule has 1 N–H and O–H groups in total. The van der Waals surface area contributed by atoms with Gasteiger partial charge in [-0.05, 0) is 42.8 Å². The highest BCUT2D eigenvalue weighted by atomic mass is 19.1. The molecule has 25 heavy (non-hydrogen) atoms. The summed E-state index contributed by atoms with van der Waals surface area (Å²) in [4.78, 5) is 2.41. The maximum absolute atomic E-state index is 13.5. The highest BCUT2D eigenvalue weighted by molar-refractivity contribution is 5.50. The third kappa shape index (κ3) is 3.94. The molecule has 4 nitrogen and oxygen atoms in total. The van der Waals surface area contributed by atoms with Crippen LogP contribution in [-0.4, -0.2) is 45.3 Å². The van der Waals surface area contributed by atoms with Crippen molar-refractivity contribution < 1.29 is 13.9 Å². The molecule has 1 fully saturated rings. The molecule has 1 heterocycles. The molecule has 0 aromatic heterocycles. The number of methoxy groups -OCH3 is 2. The smallest absolute Gasteiger partial charge is 0.127 e. The fraction of sp³-hybridized carbons (Fsp3) is 0.400. The van der Waals surface area contributed by atoms with E-state index in [9.17, 15) is 4.39 Å². The van der Waals surface area contributed by atoms with Crippen molar-refractivity contribution in [2.75, 3.05) is 40.4 Å². The van der Waals surface area contributed by atoms with Crippen LogP contribution >= 0.6 is 0 Å². The van der Waals surface area contributed by atoms with Crippen molar-refractivity contribution >= 4 is 0 Å². The molecule has 0 bridgehead atoms. The Morgan fingerprint density at radius 3 is 2.28 bits per heavy atom. The van der Waals surface area contributed by atoms with Gasteiger partial charge in [0.1, 0.15) is 17.3 Å². The molecule has 0 aliphatic carbocycles. The Labute approximate surface area is 148 Å². The van der Waals surface area contributed by atoms with Gasteiger partial charge in [-0.2, -0.15) is 0 Å². The minimum Gasteiger partial charge on any atom is -0.496 e. The summed E-state index contributed by atoms with van der Waals surface area (Å²) in [6, 6.07) is 12.5. The Morgan fingerprint density at radius 2 is 1.64 bits per heavy atom. The van der Waals surface area contributed by atoms with Gasteiger partial charge in [-0.25, -0.2) is 4.39 Å². The van der Waals surface area contributed by atoms with Gasteiger partial charge in [-0.1, -0.05) is 18.2 Å². The lowest BCUT2D eigenvalue weighted by Gasteiger charge is -2.33. The van der Waals surface area contributed by atoms with E-state index in [1.54, 1.807) is 14.2 Å². The van der Waals surface area contributed by atoms with E-state index < -0.39 is 0 Å². The maximum Gasteiger partial charge on any atom is 0.127 e. The molecule has 0 radical (unpaired) electrons. The van der Waals surface area contributed by atoms with Crippen molar-refractivity contribution in [2.45, 2.75) is 12.5 Å². The molecule has 1 aliphatic heterocycles. The van der Waals surface area contributed by atoms with Crippen LogP contribution in [0.3, 0.4) is 0 Å². The zero-order valence-corrected chi connectivity index (χ0v) is 14.8. The van der Waals surface area contributed by atoms with E-state index in [1.165, 1.54) is 12.1 Å². The molecule has 5 heteroatoms. The van der Waals surface area contributed by atoms with Gasteiger partial charge in [0.05, 0.1) is 25.8 Å². The molecule has 0 saturated carbocycles. The number of ether oxygens (including phenoxy) is 2. The van der Waals surface area contributed by atoms with Crippen LogP contribution < -0.4 is 14.8 Å². The molecule has 134 valence electrons. The fourth-order valence-electron chi connectivity index (χ4n) is 3.48. The second-order valence-electron chi connectivity index (χ2n) is 6.17. The van der Waals surface area contributed by atoms with Gasteiger partial charge in [0.2, 0.25) is 0 Å². The standard InChI is InChI=1S/C20H25FN2O2/c1-24-17-5-3-6-18(25-2)19(17)20(15-7-9-16(21)10-8-15)23-13-4-11-22-12-14-23/h3,5-10,20,22H,4,11-14H2,1-2H3.